The zero-order valence-corrected chi connectivity index (χ0v) is 19.6. The van der Waals surface area contributed by atoms with Crippen molar-refractivity contribution in [1.29, 1.82) is 0 Å². The van der Waals surface area contributed by atoms with Gasteiger partial charge in [-0.3, -0.25) is 9.59 Å². The summed E-state index contributed by atoms with van der Waals surface area (Å²) in [6.07, 6.45) is 2.10. The van der Waals surface area contributed by atoms with Crippen molar-refractivity contribution < 1.29 is 23.8 Å². The minimum absolute atomic E-state index is 0.0353. The van der Waals surface area contributed by atoms with Crippen LogP contribution in [0.1, 0.15) is 34.7 Å². The first-order chi connectivity index (χ1) is 16.9. The molecule has 7 heteroatoms. The van der Waals surface area contributed by atoms with Crippen LogP contribution in [0, 0.1) is 5.82 Å². The second kappa shape index (κ2) is 9.55. The standard InChI is InChI=1S/C28H23ClFNO4/c29-21-8-5-18(6-9-21)25-24(26(32)20-7-12-23-19(16-20)2-1-15-35-23)27(33)28(34)31(25)14-13-17-3-10-22(30)11-4-17/h3-12,16,25,32H,1-2,13-15H2/b26-24-. The van der Waals surface area contributed by atoms with Crippen LogP contribution < -0.4 is 4.74 Å². The van der Waals surface area contributed by atoms with Crippen molar-refractivity contribution in [3.63, 3.8) is 0 Å². The average Bonchev–Trinajstić information content (AvgIpc) is 3.13. The van der Waals surface area contributed by atoms with Gasteiger partial charge >= 0.3 is 0 Å². The Morgan fingerprint density at radius 3 is 2.54 bits per heavy atom. The minimum atomic E-state index is -0.778. The molecule has 35 heavy (non-hydrogen) atoms. The highest BCUT2D eigenvalue weighted by atomic mass is 35.5. The fraction of sp³-hybridized carbons (Fsp3) is 0.214. The Hall–Kier alpha value is -3.64. The molecule has 0 radical (unpaired) electrons. The van der Waals surface area contributed by atoms with Crippen molar-refractivity contribution in [1.82, 2.24) is 4.90 Å². The van der Waals surface area contributed by atoms with Crippen LogP contribution in [0.4, 0.5) is 4.39 Å². The molecule has 0 aromatic heterocycles. The van der Waals surface area contributed by atoms with Crippen LogP contribution in [0.2, 0.25) is 5.02 Å². The zero-order chi connectivity index (χ0) is 24.5. The molecule has 1 fully saturated rings. The van der Waals surface area contributed by atoms with Crippen molar-refractivity contribution >= 4 is 29.1 Å². The maximum Gasteiger partial charge on any atom is 0.295 e. The number of halogens is 2. The molecule has 3 aromatic carbocycles. The van der Waals surface area contributed by atoms with E-state index in [0.29, 0.717) is 29.2 Å². The lowest BCUT2D eigenvalue weighted by atomic mass is 9.94. The van der Waals surface area contributed by atoms with E-state index in [-0.39, 0.29) is 23.7 Å². The van der Waals surface area contributed by atoms with Gasteiger partial charge in [-0.15, -0.1) is 0 Å². The van der Waals surface area contributed by atoms with E-state index in [2.05, 4.69) is 0 Å². The highest BCUT2D eigenvalue weighted by Gasteiger charge is 2.45. The van der Waals surface area contributed by atoms with E-state index in [1.807, 2.05) is 6.07 Å². The number of aliphatic hydroxyl groups excluding tert-OH is 1. The number of fused-ring (bicyclic) bond motifs is 1. The normalized spacial score (nSPS) is 18.9. The third kappa shape index (κ3) is 4.54. The SMILES string of the molecule is O=C1C(=O)N(CCc2ccc(F)cc2)C(c2ccc(Cl)cc2)/C1=C(/O)c1ccc2c(c1)CCCO2. The molecule has 1 amide bonds. The summed E-state index contributed by atoms with van der Waals surface area (Å²) in [5, 5.41) is 11.8. The molecule has 1 unspecified atom stereocenters. The number of Topliss-reactive ketones (excluding diaryl/α,β-unsaturated/α-hetero) is 1. The van der Waals surface area contributed by atoms with Gasteiger partial charge in [0, 0.05) is 17.1 Å². The molecule has 0 bridgehead atoms. The van der Waals surface area contributed by atoms with Crippen molar-refractivity contribution in [2.24, 2.45) is 0 Å². The molecule has 3 aromatic rings. The molecule has 1 saturated heterocycles. The molecule has 2 aliphatic rings. The largest absolute Gasteiger partial charge is 0.507 e. The number of ketones is 1. The minimum Gasteiger partial charge on any atom is -0.507 e. The van der Waals surface area contributed by atoms with E-state index in [9.17, 15) is 19.1 Å². The van der Waals surface area contributed by atoms with Gasteiger partial charge in [0.1, 0.15) is 17.3 Å². The summed E-state index contributed by atoms with van der Waals surface area (Å²) in [7, 11) is 0. The average molecular weight is 492 g/mol. The third-order valence-electron chi connectivity index (χ3n) is 6.46. The van der Waals surface area contributed by atoms with E-state index in [1.54, 1.807) is 48.5 Å². The lowest BCUT2D eigenvalue weighted by Gasteiger charge is -2.25. The Balaban J connectivity index is 1.55. The monoisotopic (exact) mass is 491 g/mol. The lowest BCUT2D eigenvalue weighted by molar-refractivity contribution is -0.139. The van der Waals surface area contributed by atoms with Crippen molar-refractivity contribution in [3.05, 3.63) is 105 Å². The smallest absolute Gasteiger partial charge is 0.295 e. The first-order valence-electron chi connectivity index (χ1n) is 11.5. The molecule has 1 atom stereocenters. The number of nitrogens with zero attached hydrogens (tertiary/aromatic N) is 1. The second-order valence-corrected chi connectivity index (χ2v) is 9.13. The van der Waals surface area contributed by atoms with E-state index in [4.69, 9.17) is 16.3 Å². The van der Waals surface area contributed by atoms with Crippen LogP contribution in [-0.4, -0.2) is 34.8 Å². The number of ether oxygens (including phenoxy) is 1. The van der Waals surface area contributed by atoms with Crippen LogP contribution in [0.15, 0.2) is 72.3 Å². The number of carbonyl (C=O) groups excluding carboxylic acids is 2. The summed E-state index contributed by atoms with van der Waals surface area (Å²) in [5.74, 6) is -1.22. The number of rotatable bonds is 5. The Kier molecular flexibility index (Phi) is 6.31. The highest BCUT2D eigenvalue weighted by molar-refractivity contribution is 6.46. The number of aliphatic hydroxyl groups is 1. The molecule has 0 spiro atoms. The predicted octanol–water partition coefficient (Wildman–Crippen LogP) is 5.47. The Labute approximate surface area is 207 Å². The van der Waals surface area contributed by atoms with E-state index >= 15 is 0 Å². The number of hydrogen-bond acceptors (Lipinski definition) is 4. The number of amides is 1. The van der Waals surface area contributed by atoms with Gasteiger partial charge in [-0.25, -0.2) is 4.39 Å². The Morgan fingerprint density at radius 2 is 1.80 bits per heavy atom. The number of benzene rings is 3. The van der Waals surface area contributed by atoms with Crippen molar-refractivity contribution in [2.75, 3.05) is 13.2 Å². The van der Waals surface area contributed by atoms with E-state index < -0.39 is 17.7 Å². The molecular weight excluding hydrogens is 469 g/mol. The van der Waals surface area contributed by atoms with Crippen LogP contribution in [-0.2, 0) is 22.4 Å². The van der Waals surface area contributed by atoms with Crippen molar-refractivity contribution in [2.45, 2.75) is 25.3 Å². The number of likely N-dealkylation sites (tertiary alicyclic amines) is 1. The number of carbonyl (C=O) groups is 2. The molecule has 2 aliphatic heterocycles. The second-order valence-electron chi connectivity index (χ2n) is 8.70. The topological polar surface area (TPSA) is 66.8 Å². The fourth-order valence-electron chi connectivity index (χ4n) is 4.67. The molecule has 178 valence electrons. The fourth-order valence-corrected chi connectivity index (χ4v) is 4.79. The van der Waals surface area contributed by atoms with Gasteiger partial charge in [-0.05, 0) is 78.4 Å². The van der Waals surface area contributed by atoms with E-state index in [1.165, 1.54) is 17.0 Å². The van der Waals surface area contributed by atoms with E-state index in [0.717, 1.165) is 29.7 Å². The molecule has 0 aliphatic carbocycles. The van der Waals surface area contributed by atoms with Gasteiger partial charge in [0.05, 0.1) is 18.2 Å². The molecule has 5 nitrogen and oxygen atoms in total. The first-order valence-corrected chi connectivity index (χ1v) is 11.8. The summed E-state index contributed by atoms with van der Waals surface area (Å²) >= 11 is 6.08. The maximum atomic E-state index is 13.3. The van der Waals surface area contributed by atoms with Crippen molar-refractivity contribution in [3.8, 4) is 5.75 Å². The van der Waals surface area contributed by atoms with Crippen LogP contribution >= 0.6 is 11.6 Å². The van der Waals surface area contributed by atoms with Crippen LogP contribution in [0.25, 0.3) is 5.76 Å². The summed E-state index contributed by atoms with van der Waals surface area (Å²) in [5.41, 5.74) is 2.94. The van der Waals surface area contributed by atoms with Gasteiger partial charge < -0.3 is 14.7 Å². The maximum absolute atomic E-state index is 13.3. The number of aryl methyl sites for hydroxylation is 1. The van der Waals surface area contributed by atoms with Gasteiger partial charge in [0.15, 0.2) is 0 Å². The quantitative estimate of drug-likeness (QED) is 0.292. The summed E-state index contributed by atoms with van der Waals surface area (Å²) in [4.78, 5) is 27.8. The first kappa shape index (κ1) is 23.1. The summed E-state index contributed by atoms with van der Waals surface area (Å²) in [6.45, 7) is 0.867. The highest BCUT2D eigenvalue weighted by Crippen LogP contribution is 2.40. The predicted molar refractivity (Wildman–Crippen MR) is 131 cm³/mol. The molecule has 0 saturated carbocycles. The van der Waals surface area contributed by atoms with Gasteiger partial charge in [-0.1, -0.05) is 35.9 Å². The van der Waals surface area contributed by atoms with Crippen LogP contribution in [0.5, 0.6) is 5.75 Å². The lowest BCUT2D eigenvalue weighted by Crippen LogP contribution is -2.31. The van der Waals surface area contributed by atoms with Gasteiger partial charge in [0.25, 0.3) is 11.7 Å². The molecule has 5 rings (SSSR count). The van der Waals surface area contributed by atoms with Gasteiger partial charge in [0.2, 0.25) is 0 Å². The summed E-state index contributed by atoms with van der Waals surface area (Å²) < 4.78 is 19.0. The van der Waals surface area contributed by atoms with Crippen LogP contribution in [0.3, 0.4) is 0 Å². The van der Waals surface area contributed by atoms with Gasteiger partial charge in [-0.2, -0.15) is 0 Å². The molecular formula is C28H23ClFNO4. The molecule has 2 heterocycles. The molecule has 1 N–H and O–H groups in total. The Morgan fingerprint density at radius 1 is 1.06 bits per heavy atom. The summed E-state index contributed by atoms with van der Waals surface area (Å²) in [6, 6.07) is 17.4. The zero-order valence-electron chi connectivity index (χ0n) is 18.8. The third-order valence-corrected chi connectivity index (χ3v) is 6.71. The number of hydrogen-bond donors (Lipinski definition) is 1. The Bertz CT molecular complexity index is 1320.